The molecule has 0 saturated carbocycles. The number of thiophene rings is 1. The first-order valence-corrected chi connectivity index (χ1v) is 9.52. The summed E-state index contributed by atoms with van der Waals surface area (Å²) in [5, 5.41) is 2.18. The Labute approximate surface area is 135 Å². The lowest BCUT2D eigenvalue weighted by Crippen LogP contribution is -2.05. The van der Waals surface area contributed by atoms with Gasteiger partial charge in [0.05, 0.1) is 9.50 Å². The summed E-state index contributed by atoms with van der Waals surface area (Å²) in [7, 11) is 0. The molecule has 1 atom stereocenters. The maximum absolute atomic E-state index is 7.88. The number of benzene rings is 2. The molecule has 0 aliphatic heterocycles. The highest BCUT2D eigenvalue weighted by atomic mass is 32.2. The fraction of sp³-hybridized carbons (Fsp3) is 0.250. The average molecular weight is 325 g/mol. The minimum Gasteiger partial charge on any atom is -0.168 e. The topological polar surface area (TPSA) is 9.23 Å². The summed E-state index contributed by atoms with van der Waals surface area (Å²) < 4.78 is 31.6. The number of fused-ring (bicyclic) bond motifs is 3. The SMILES string of the molecule is [2H]C([2H])([2H])[S+](OCC)c1cccc2sc3cccc(SC)c3c12. The van der Waals surface area contributed by atoms with E-state index in [2.05, 4.69) is 24.3 Å². The van der Waals surface area contributed by atoms with Gasteiger partial charge in [0.25, 0.3) is 0 Å². The predicted octanol–water partition coefficient (Wildman–Crippen LogP) is 5.33. The number of thioether (sulfide) groups is 1. The highest BCUT2D eigenvalue weighted by molar-refractivity contribution is 7.98. The van der Waals surface area contributed by atoms with Crippen molar-refractivity contribution in [3.63, 3.8) is 0 Å². The van der Waals surface area contributed by atoms with Crippen LogP contribution >= 0.6 is 23.1 Å². The molecule has 104 valence electrons. The van der Waals surface area contributed by atoms with Crippen LogP contribution < -0.4 is 0 Å². The first-order valence-electron chi connectivity index (χ1n) is 7.83. The van der Waals surface area contributed by atoms with Crippen LogP contribution in [0, 0.1) is 0 Å². The fourth-order valence-electron chi connectivity index (χ4n) is 2.31. The molecule has 0 aliphatic carbocycles. The van der Waals surface area contributed by atoms with E-state index in [-0.39, 0.29) is 0 Å². The van der Waals surface area contributed by atoms with Crippen LogP contribution in [-0.2, 0) is 15.4 Å². The molecule has 3 aromatic rings. The highest BCUT2D eigenvalue weighted by Crippen LogP contribution is 2.42. The summed E-state index contributed by atoms with van der Waals surface area (Å²) in [4.78, 5) is 1.96. The molecular formula is C16H17OS3+. The Morgan fingerprint density at radius 1 is 1.20 bits per heavy atom. The van der Waals surface area contributed by atoms with Crippen molar-refractivity contribution in [2.24, 2.45) is 0 Å². The van der Waals surface area contributed by atoms with Crippen molar-refractivity contribution in [3.05, 3.63) is 36.4 Å². The molecule has 0 aliphatic rings. The average Bonchev–Trinajstić information content (AvgIpc) is 2.90. The van der Waals surface area contributed by atoms with Crippen molar-refractivity contribution in [1.82, 2.24) is 0 Å². The van der Waals surface area contributed by atoms with Gasteiger partial charge in [-0.15, -0.1) is 23.1 Å². The van der Waals surface area contributed by atoms with Gasteiger partial charge in [0.2, 0.25) is 0 Å². The summed E-state index contributed by atoms with van der Waals surface area (Å²) in [6.07, 6.45) is -0.111. The highest BCUT2D eigenvalue weighted by Gasteiger charge is 2.24. The van der Waals surface area contributed by atoms with E-state index < -0.39 is 17.4 Å². The summed E-state index contributed by atoms with van der Waals surface area (Å²) in [5.74, 6) is 0. The zero-order chi connectivity index (χ0) is 16.6. The second-order valence-corrected chi connectivity index (χ2v) is 7.38. The molecule has 0 N–H and O–H groups in total. The Hall–Kier alpha value is -0.680. The third-order valence-electron chi connectivity index (χ3n) is 3.10. The van der Waals surface area contributed by atoms with E-state index in [0.717, 1.165) is 20.4 Å². The van der Waals surface area contributed by atoms with Crippen LogP contribution in [0.15, 0.2) is 46.2 Å². The van der Waals surface area contributed by atoms with Crippen molar-refractivity contribution in [3.8, 4) is 0 Å². The van der Waals surface area contributed by atoms with Crippen LogP contribution in [-0.4, -0.2) is 19.0 Å². The van der Waals surface area contributed by atoms with Crippen LogP contribution in [0.4, 0.5) is 0 Å². The van der Waals surface area contributed by atoms with E-state index in [0.29, 0.717) is 6.61 Å². The third-order valence-corrected chi connectivity index (χ3v) is 6.21. The van der Waals surface area contributed by atoms with E-state index in [1.807, 2.05) is 25.3 Å². The largest absolute Gasteiger partial charge is 0.199 e. The van der Waals surface area contributed by atoms with Gasteiger partial charge >= 0.3 is 0 Å². The fourth-order valence-corrected chi connectivity index (χ4v) is 5.19. The van der Waals surface area contributed by atoms with Gasteiger partial charge in [0.1, 0.15) is 12.8 Å². The lowest BCUT2D eigenvalue weighted by Gasteiger charge is -2.04. The van der Waals surface area contributed by atoms with Gasteiger partial charge in [-0.05, 0) is 37.4 Å². The number of hydrogen-bond acceptors (Lipinski definition) is 3. The molecule has 2 aromatic carbocycles. The Kier molecular flexibility index (Phi) is 3.28. The lowest BCUT2D eigenvalue weighted by atomic mass is 10.1. The van der Waals surface area contributed by atoms with Gasteiger partial charge in [-0.3, -0.25) is 0 Å². The van der Waals surface area contributed by atoms with Crippen molar-refractivity contribution < 1.29 is 8.30 Å². The van der Waals surface area contributed by atoms with Crippen LogP contribution in [0.2, 0.25) is 0 Å². The molecule has 1 unspecified atom stereocenters. The summed E-state index contributed by atoms with van der Waals surface area (Å²) in [6, 6.07) is 12.1. The monoisotopic (exact) mass is 324 g/mol. The standard InChI is InChI=1S/C16H17OS3/c1-4-17-20(3)14-10-6-9-13-16(14)15-11(18-2)7-5-8-12(15)19-13/h5-10H,4H2,1-3H3/q+1/i3D3. The van der Waals surface area contributed by atoms with E-state index in [4.69, 9.17) is 8.30 Å². The van der Waals surface area contributed by atoms with Gasteiger partial charge in [0.15, 0.2) is 16.1 Å². The molecule has 4 heteroatoms. The number of rotatable bonds is 4. The van der Waals surface area contributed by atoms with E-state index >= 15 is 0 Å². The Morgan fingerprint density at radius 3 is 2.65 bits per heavy atom. The normalized spacial score (nSPS) is 16.0. The van der Waals surface area contributed by atoms with Crippen molar-refractivity contribution >= 4 is 54.4 Å². The summed E-state index contributed by atoms with van der Waals surface area (Å²) in [6.45, 7) is 2.22. The maximum Gasteiger partial charge on any atom is 0.199 e. The van der Waals surface area contributed by atoms with Crippen molar-refractivity contribution in [2.75, 3.05) is 19.0 Å². The summed E-state index contributed by atoms with van der Waals surface area (Å²) in [5.41, 5.74) is 0. The Morgan fingerprint density at radius 2 is 1.95 bits per heavy atom. The molecule has 0 radical (unpaired) electrons. The second kappa shape index (κ2) is 5.98. The van der Waals surface area contributed by atoms with Gasteiger partial charge in [-0.25, -0.2) is 0 Å². The Bertz CT molecular complexity index is 842. The molecule has 0 fully saturated rings. The van der Waals surface area contributed by atoms with Gasteiger partial charge in [0, 0.05) is 19.7 Å². The zero-order valence-electron chi connectivity index (χ0n) is 14.3. The molecular weight excluding hydrogens is 304 g/mol. The second-order valence-electron chi connectivity index (χ2n) is 4.24. The molecule has 1 heterocycles. The van der Waals surface area contributed by atoms with E-state index in [9.17, 15) is 0 Å². The molecule has 0 bridgehead atoms. The van der Waals surface area contributed by atoms with Gasteiger partial charge < -0.3 is 0 Å². The zero-order valence-corrected chi connectivity index (χ0v) is 13.8. The van der Waals surface area contributed by atoms with Gasteiger partial charge in [-0.1, -0.05) is 12.1 Å². The minimum absolute atomic E-state index is 0.384. The molecule has 3 rings (SSSR count). The van der Waals surface area contributed by atoms with Crippen LogP contribution in [0.5, 0.6) is 0 Å². The van der Waals surface area contributed by atoms with E-state index in [1.54, 1.807) is 23.1 Å². The van der Waals surface area contributed by atoms with E-state index in [1.165, 1.54) is 9.60 Å². The first kappa shape index (κ1) is 11.0. The lowest BCUT2D eigenvalue weighted by molar-refractivity contribution is 0.390. The van der Waals surface area contributed by atoms with Crippen LogP contribution in [0.25, 0.3) is 20.2 Å². The molecule has 0 saturated heterocycles. The number of hydrogen-bond donors (Lipinski definition) is 0. The van der Waals surface area contributed by atoms with Gasteiger partial charge in [-0.2, -0.15) is 4.18 Å². The molecule has 1 nitrogen and oxygen atoms in total. The smallest absolute Gasteiger partial charge is 0.168 e. The quantitative estimate of drug-likeness (QED) is 0.473. The van der Waals surface area contributed by atoms with Crippen LogP contribution in [0.3, 0.4) is 0 Å². The van der Waals surface area contributed by atoms with Crippen molar-refractivity contribution in [1.29, 1.82) is 0 Å². The minimum atomic E-state index is -2.16. The van der Waals surface area contributed by atoms with Crippen LogP contribution in [0.1, 0.15) is 11.0 Å². The molecule has 0 amide bonds. The van der Waals surface area contributed by atoms with Crippen molar-refractivity contribution in [2.45, 2.75) is 16.7 Å². The molecule has 20 heavy (non-hydrogen) atoms. The molecule has 0 spiro atoms. The first-order chi connectivity index (χ1) is 11.0. The third kappa shape index (κ3) is 2.35. The molecule has 1 aromatic heterocycles. The maximum atomic E-state index is 7.88. The summed E-state index contributed by atoms with van der Waals surface area (Å²) >= 11 is 2.16. The predicted molar refractivity (Wildman–Crippen MR) is 94.3 cm³/mol. The Balaban J connectivity index is 2.37.